The zero-order chi connectivity index (χ0) is 15.6. The topological polar surface area (TPSA) is 81.7 Å². The molecule has 1 aromatic carbocycles. The molecule has 23 heavy (non-hydrogen) atoms. The van der Waals surface area contributed by atoms with Crippen molar-refractivity contribution >= 4 is 0 Å². The number of hydrogen-bond donors (Lipinski definition) is 1. The molecule has 0 spiro atoms. The molecule has 0 amide bonds. The molecule has 2 aromatic heterocycles. The third-order valence-electron chi connectivity index (χ3n) is 3.96. The highest BCUT2D eigenvalue weighted by Gasteiger charge is 2.28. The summed E-state index contributed by atoms with van der Waals surface area (Å²) in [6.45, 7) is 2.57. The lowest BCUT2D eigenvalue weighted by molar-refractivity contribution is 0.355. The van der Waals surface area contributed by atoms with Crippen LogP contribution in [0.25, 0.3) is 5.69 Å². The number of nitrogens with zero attached hydrogens (tertiary/aromatic N) is 5. The Balaban J connectivity index is 1.38. The molecule has 1 aliphatic rings. The van der Waals surface area contributed by atoms with Crippen LogP contribution in [0.2, 0.25) is 0 Å². The summed E-state index contributed by atoms with van der Waals surface area (Å²) in [7, 11) is 0. The molecule has 1 N–H and O–H groups in total. The summed E-state index contributed by atoms with van der Waals surface area (Å²) in [6.07, 6.45) is 4.27. The second-order valence-electron chi connectivity index (χ2n) is 5.85. The van der Waals surface area contributed by atoms with Gasteiger partial charge in [-0.15, -0.1) is 5.10 Å². The van der Waals surface area contributed by atoms with Gasteiger partial charge in [-0.1, -0.05) is 28.6 Å². The Hall–Kier alpha value is -2.54. The van der Waals surface area contributed by atoms with Crippen molar-refractivity contribution in [1.29, 1.82) is 0 Å². The van der Waals surface area contributed by atoms with Crippen LogP contribution in [0.1, 0.15) is 49.1 Å². The van der Waals surface area contributed by atoms with Crippen LogP contribution in [0.3, 0.4) is 0 Å². The predicted molar refractivity (Wildman–Crippen MR) is 82.9 cm³/mol. The van der Waals surface area contributed by atoms with Gasteiger partial charge in [0, 0.05) is 5.92 Å². The highest BCUT2D eigenvalue weighted by atomic mass is 16.5. The summed E-state index contributed by atoms with van der Waals surface area (Å²) < 4.78 is 7.03. The largest absolute Gasteiger partial charge is 0.338 e. The van der Waals surface area contributed by atoms with Gasteiger partial charge in [0.2, 0.25) is 5.89 Å². The number of aromatic nitrogens is 5. The summed E-state index contributed by atoms with van der Waals surface area (Å²) >= 11 is 0. The fourth-order valence-electron chi connectivity index (χ4n) is 2.37. The van der Waals surface area contributed by atoms with Crippen LogP contribution in [0.4, 0.5) is 0 Å². The summed E-state index contributed by atoms with van der Waals surface area (Å²) in [6, 6.07) is 9.97. The van der Waals surface area contributed by atoms with Crippen LogP contribution in [0, 0.1) is 0 Å². The predicted octanol–water partition coefficient (Wildman–Crippen LogP) is 2.38. The molecule has 7 nitrogen and oxygen atoms in total. The standard InChI is InChI=1S/C16H18N6O/c1-11(17-9-15-18-16(20-23-15)12-7-8-12)14-10-22(21-19-14)13-5-3-2-4-6-13/h2-6,10-12,17H,7-9H2,1H3/t11-/m0/s1. The van der Waals surface area contributed by atoms with Crippen LogP contribution in [-0.2, 0) is 6.54 Å². The molecule has 0 unspecified atom stereocenters. The van der Waals surface area contributed by atoms with Crippen molar-refractivity contribution < 1.29 is 4.52 Å². The second-order valence-corrected chi connectivity index (χ2v) is 5.85. The molecule has 0 radical (unpaired) electrons. The van der Waals surface area contributed by atoms with Crippen LogP contribution in [0.15, 0.2) is 41.1 Å². The molecule has 1 aliphatic carbocycles. The van der Waals surface area contributed by atoms with Crippen LogP contribution in [0.5, 0.6) is 0 Å². The fourth-order valence-corrected chi connectivity index (χ4v) is 2.37. The van der Waals surface area contributed by atoms with E-state index in [9.17, 15) is 0 Å². The van der Waals surface area contributed by atoms with Gasteiger partial charge in [-0.2, -0.15) is 4.98 Å². The number of benzene rings is 1. The molecule has 1 atom stereocenters. The Bertz CT molecular complexity index is 777. The fraction of sp³-hybridized carbons (Fsp3) is 0.375. The lowest BCUT2D eigenvalue weighted by Crippen LogP contribution is -2.18. The Morgan fingerprint density at radius 1 is 1.30 bits per heavy atom. The van der Waals surface area contributed by atoms with E-state index in [1.54, 1.807) is 4.68 Å². The molecule has 1 fully saturated rings. The lowest BCUT2D eigenvalue weighted by Gasteiger charge is -2.07. The first-order valence-corrected chi connectivity index (χ1v) is 7.83. The molecule has 0 aliphatic heterocycles. The van der Waals surface area contributed by atoms with E-state index in [4.69, 9.17) is 4.52 Å². The smallest absolute Gasteiger partial charge is 0.240 e. The Morgan fingerprint density at radius 2 is 2.13 bits per heavy atom. The second kappa shape index (κ2) is 5.92. The van der Waals surface area contributed by atoms with Gasteiger partial charge in [-0.05, 0) is 31.9 Å². The molecule has 1 saturated carbocycles. The first-order chi connectivity index (χ1) is 11.3. The van der Waals surface area contributed by atoms with E-state index in [0.29, 0.717) is 18.4 Å². The maximum atomic E-state index is 5.26. The molecule has 0 saturated heterocycles. The van der Waals surface area contributed by atoms with Crippen molar-refractivity contribution in [3.63, 3.8) is 0 Å². The third kappa shape index (κ3) is 3.14. The van der Waals surface area contributed by atoms with Crippen LogP contribution in [-0.4, -0.2) is 25.1 Å². The Morgan fingerprint density at radius 3 is 2.91 bits per heavy atom. The van der Waals surface area contributed by atoms with Crippen LogP contribution >= 0.6 is 0 Å². The highest BCUT2D eigenvalue weighted by molar-refractivity contribution is 5.30. The average Bonchev–Trinajstić information content (AvgIpc) is 3.14. The van der Waals surface area contributed by atoms with Crippen molar-refractivity contribution in [3.8, 4) is 5.69 Å². The highest BCUT2D eigenvalue weighted by Crippen LogP contribution is 2.38. The maximum Gasteiger partial charge on any atom is 0.240 e. The minimum absolute atomic E-state index is 0.0451. The van der Waals surface area contributed by atoms with E-state index in [-0.39, 0.29) is 6.04 Å². The van der Waals surface area contributed by atoms with Gasteiger partial charge >= 0.3 is 0 Å². The van der Waals surface area contributed by atoms with Gasteiger partial charge in [0.25, 0.3) is 0 Å². The summed E-state index contributed by atoms with van der Waals surface area (Å²) in [5.41, 5.74) is 1.86. The lowest BCUT2D eigenvalue weighted by atomic mass is 10.2. The normalized spacial score (nSPS) is 15.7. The van der Waals surface area contributed by atoms with E-state index in [1.807, 2.05) is 43.5 Å². The molecule has 0 bridgehead atoms. The molecular weight excluding hydrogens is 292 g/mol. The van der Waals surface area contributed by atoms with E-state index in [0.717, 1.165) is 17.2 Å². The maximum absolute atomic E-state index is 5.26. The minimum atomic E-state index is 0.0451. The third-order valence-corrected chi connectivity index (χ3v) is 3.96. The monoisotopic (exact) mass is 310 g/mol. The molecule has 7 heteroatoms. The summed E-state index contributed by atoms with van der Waals surface area (Å²) in [4.78, 5) is 4.41. The Labute approximate surface area is 133 Å². The van der Waals surface area contributed by atoms with Gasteiger partial charge in [-0.25, -0.2) is 4.68 Å². The first kappa shape index (κ1) is 14.1. The number of hydrogen-bond acceptors (Lipinski definition) is 6. The SMILES string of the molecule is C[C@H](NCc1nc(C2CC2)no1)c1cn(-c2ccccc2)nn1. The van der Waals surface area contributed by atoms with Crippen molar-refractivity contribution in [1.82, 2.24) is 30.5 Å². The number of rotatable bonds is 6. The zero-order valence-electron chi connectivity index (χ0n) is 12.9. The Kier molecular flexibility index (Phi) is 3.63. The summed E-state index contributed by atoms with van der Waals surface area (Å²) in [5.74, 6) is 1.97. The van der Waals surface area contributed by atoms with E-state index < -0.39 is 0 Å². The van der Waals surface area contributed by atoms with Crippen LogP contribution < -0.4 is 5.32 Å². The van der Waals surface area contributed by atoms with Gasteiger partial charge in [-0.3, -0.25) is 0 Å². The average molecular weight is 310 g/mol. The quantitative estimate of drug-likeness (QED) is 0.753. The van der Waals surface area contributed by atoms with Gasteiger partial charge in [0.15, 0.2) is 5.82 Å². The minimum Gasteiger partial charge on any atom is -0.338 e. The van der Waals surface area contributed by atoms with Crippen molar-refractivity contribution in [3.05, 3.63) is 53.9 Å². The van der Waals surface area contributed by atoms with E-state index >= 15 is 0 Å². The molecule has 3 aromatic rings. The van der Waals surface area contributed by atoms with Gasteiger partial charge < -0.3 is 9.84 Å². The van der Waals surface area contributed by atoms with E-state index in [1.165, 1.54) is 12.8 Å². The van der Waals surface area contributed by atoms with Crippen molar-refractivity contribution in [2.75, 3.05) is 0 Å². The van der Waals surface area contributed by atoms with Crippen molar-refractivity contribution in [2.45, 2.75) is 38.3 Å². The number of para-hydroxylation sites is 1. The van der Waals surface area contributed by atoms with Gasteiger partial charge in [0.05, 0.1) is 30.2 Å². The molecular formula is C16H18N6O. The summed E-state index contributed by atoms with van der Waals surface area (Å²) in [5, 5.41) is 15.8. The first-order valence-electron chi connectivity index (χ1n) is 7.83. The molecule has 4 rings (SSSR count). The molecule has 118 valence electrons. The van der Waals surface area contributed by atoms with Crippen molar-refractivity contribution in [2.24, 2.45) is 0 Å². The van der Waals surface area contributed by atoms with E-state index in [2.05, 4.69) is 25.8 Å². The molecule has 2 heterocycles. The van der Waals surface area contributed by atoms with Gasteiger partial charge in [0.1, 0.15) is 0 Å². The zero-order valence-corrected chi connectivity index (χ0v) is 12.9. The number of nitrogens with one attached hydrogen (secondary N) is 1.